The zero-order chi connectivity index (χ0) is 12.9. The van der Waals surface area contributed by atoms with Crippen molar-refractivity contribution in [2.75, 3.05) is 13.1 Å². The fraction of sp³-hybridized carbons (Fsp3) is 0.667. The highest BCUT2D eigenvalue weighted by atomic mass is 16.2. The molecule has 2 nitrogen and oxygen atoms in total. The largest absolute Gasteiger partial charge is 0.335 e. The zero-order valence-corrected chi connectivity index (χ0v) is 11.3. The van der Waals surface area contributed by atoms with Crippen LogP contribution >= 0.6 is 0 Å². The molecule has 0 saturated heterocycles. The summed E-state index contributed by atoms with van der Waals surface area (Å²) in [6, 6.07) is 0. The van der Waals surface area contributed by atoms with Gasteiger partial charge in [-0.25, -0.2) is 0 Å². The molecule has 0 aliphatic heterocycles. The van der Waals surface area contributed by atoms with Gasteiger partial charge in [-0.3, -0.25) is 4.79 Å². The molecule has 0 bridgehead atoms. The maximum absolute atomic E-state index is 11.8. The van der Waals surface area contributed by atoms with E-state index in [9.17, 15) is 4.79 Å². The van der Waals surface area contributed by atoms with Crippen molar-refractivity contribution in [3.63, 3.8) is 0 Å². The van der Waals surface area contributed by atoms with E-state index in [1.54, 1.807) is 17.1 Å². The average Bonchev–Trinajstić information content (AvgIpc) is 2.33. The minimum absolute atomic E-state index is 0.222. The SMILES string of the molecule is C=CCN(CC=C)C(=O)CCCCCCCC. The molecule has 0 radical (unpaired) electrons. The number of unbranched alkanes of at least 4 members (excludes halogenated alkanes) is 5. The van der Waals surface area contributed by atoms with Gasteiger partial charge in [-0.05, 0) is 6.42 Å². The quantitative estimate of drug-likeness (QED) is 0.394. The molecule has 0 rings (SSSR count). The van der Waals surface area contributed by atoms with Crippen molar-refractivity contribution < 1.29 is 4.79 Å². The predicted molar refractivity (Wildman–Crippen MR) is 75.0 cm³/mol. The number of hydrogen-bond acceptors (Lipinski definition) is 1. The molecule has 2 heteroatoms. The Morgan fingerprint density at radius 2 is 1.53 bits per heavy atom. The summed E-state index contributed by atoms with van der Waals surface area (Å²) in [6.45, 7) is 10.8. The van der Waals surface area contributed by atoms with Gasteiger partial charge < -0.3 is 4.90 Å². The van der Waals surface area contributed by atoms with Crippen LogP contribution in [0, 0.1) is 0 Å². The smallest absolute Gasteiger partial charge is 0.223 e. The third-order valence-electron chi connectivity index (χ3n) is 2.80. The summed E-state index contributed by atoms with van der Waals surface area (Å²) < 4.78 is 0. The van der Waals surface area contributed by atoms with Crippen LogP contribution in [0.15, 0.2) is 25.3 Å². The van der Waals surface area contributed by atoms with Crippen molar-refractivity contribution in [3.8, 4) is 0 Å². The van der Waals surface area contributed by atoms with Crippen molar-refractivity contribution in [1.82, 2.24) is 4.90 Å². The molecular weight excluding hydrogens is 210 g/mol. The summed E-state index contributed by atoms with van der Waals surface area (Å²) >= 11 is 0. The normalized spacial score (nSPS) is 9.94. The minimum Gasteiger partial charge on any atom is -0.335 e. The van der Waals surface area contributed by atoms with E-state index in [4.69, 9.17) is 0 Å². The number of hydrogen-bond donors (Lipinski definition) is 0. The van der Waals surface area contributed by atoms with Gasteiger partial charge >= 0.3 is 0 Å². The third-order valence-corrected chi connectivity index (χ3v) is 2.80. The first-order valence-corrected chi connectivity index (χ1v) is 6.75. The van der Waals surface area contributed by atoms with Crippen molar-refractivity contribution in [1.29, 1.82) is 0 Å². The molecule has 98 valence electrons. The molecular formula is C15H27NO. The maximum atomic E-state index is 11.8. The molecule has 0 atom stereocenters. The molecule has 0 unspecified atom stereocenters. The van der Waals surface area contributed by atoms with Gasteiger partial charge in [0.1, 0.15) is 0 Å². The van der Waals surface area contributed by atoms with Gasteiger partial charge in [-0.2, -0.15) is 0 Å². The summed E-state index contributed by atoms with van der Waals surface area (Å²) in [5.74, 6) is 0.222. The monoisotopic (exact) mass is 237 g/mol. The van der Waals surface area contributed by atoms with Crippen LogP contribution in [0.5, 0.6) is 0 Å². The highest BCUT2D eigenvalue weighted by molar-refractivity contribution is 5.76. The van der Waals surface area contributed by atoms with Crippen LogP contribution < -0.4 is 0 Å². The van der Waals surface area contributed by atoms with Crippen LogP contribution in [0.2, 0.25) is 0 Å². The highest BCUT2D eigenvalue weighted by Crippen LogP contribution is 2.08. The Morgan fingerprint density at radius 1 is 1.00 bits per heavy atom. The molecule has 0 aromatic rings. The summed E-state index contributed by atoms with van der Waals surface area (Å²) in [5.41, 5.74) is 0. The van der Waals surface area contributed by atoms with Gasteiger partial charge in [-0.15, -0.1) is 13.2 Å². The van der Waals surface area contributed by atoms with Gasteiger partial charge in [0.05, 0.1) is 0 Å². The number of carbonyl (C=O) groups is 1. The predicted octanol–water partition coefficient (Wildman–Crippen LogP) is 3.94. The number of carbonyl (C=O) groups excluding carboxylic acids is 1. The minimum atomic E-state index is 0.222. The molecule has 0 heterocycles. The van der Waals surface area contributed by atoms with Crippen LogP contribution in [0.1, 0.15) is 51.9 Å². The molecule has 0 fully saturated rings. The van der Waals surface area contributed by atoms with E-state index >= 15 is 0 Å². The van der Waals surface area contributed by atoms with Crippen molar-refractivity contribution in [2.24, 2.45) is 0 Å². The van der Waals surface area contributed by atoms with Crippen LogP contribution in [0.3, 0.4) is 0 Å². The Kier molecular flexibility index (Phi) is 10.7. The standard InChI is InChI=1S/C15H27NO/c1-4-7-8-9-10-11-12-15(17)16(13-5-2)14-6-3/h5-6H,2-4,7-14H2,1H3. The van der Waals surface area contributed by atoms with E-state index in [2.05, 4.69) is 20.1 Å². The van der Waals surface area contributed by atoms with Gasteiger partial charge in [-0.1, -0.05) is 51.2 Å². The summed E-state index contributed by atoms with van der Waals surface area (Å²) in [5, 5.41) is 0. The second kappa shape index (κ2) is 11.4. The van der Waals surface area contributed by atoms with Crippen LogP contribution in [-0.2, 0) is 4.79 Å². The van der Waals surface area contributed by atoms with E-state index in [0.717, 1.165) is 6.42 Å². The Morgan fingerprint density at radius 3 is 2.06 bits per heavy atom. The second-order valence-electron chi connectivity index (χ2n) is 4.39. The highest BCUT2D eigenvalue weighted by Gasteiger charge is 2.09. The van der Waals surface area contributed by atoms with Gasteiger partial charge in [0, 0.05) is 19.5 Å². The lowest BCUT2D eigenvalue weighted by Crippen LogP contribution is -2.30. The molecule has 17 heavy (non-hydrogen) atoms. The molecule has 0 aliphatic carbocycles. The Labute approximate surface area is 106 Å². The van der Waals surface area contributed by atoms with E-state index < -0.39 is 0 Å². The van der Waals surface area contributed by atoms with Crippen molar-refractivity contribution >= 4 is 5.91 Å². The lowest BCUT2D eigenvalue weighted by molar-refractivity contribution is -0.130. The van der Waals surface area contributed by atoms with Crippen molar-refractivity contribution in [3.05, 3.63) is 25.3 Å². The van der Waals surface area contributed by atoms with E-state index in [1.165, 1.54) is 32.1 Å². The third kappa shape index (κ3) is 8.73. The van der Waals surface area contributed by atoms with Crippen molar-refractivity contribution in [2.45, 2.75) is 51.9 Å². The lowest BCUT2D eigenvalue weighted by Gasteiger charge is -2.19. The fourth-order valence-electron chi connectivity index (χ4n) is 1.80. The Hall–Kier alpha value is -1.05. The molecule has 0 saturated carbocycles. The first kappa shape index (κ1) is 16.0. The summed E-state index contributed by atoms with van der Waals surface area (Å²) in [7, 11) is 0. The first-order valence-electron chi connectivity index (χ1n) is 6.75. The molecule has 0 N–H and O–H groups in total. The number of amides is 1. The van der Waals surface area contributed by atoms with Crippen LogP contribution in [-0.4, -0.2) is 23.9 Å². The number of nitrogens with zero attached hydrogens (tertiary/aromatic N) is 1. The van der Waals surface area contributed by atoms with E-state index in [-0.39, 0.29) is 5.91 Å². The van der Waals surface area contributed by atoms with Gasteiger partial charge in [0.15, 0.2) is 0 Å². The molecule has 0 aromatic heterocycles. The average molecular weight is 237 g/mol. The molecule has 0 aromatic carbocycles. The lowest BCUT2D eigenvalue weighted by atomic mass is 10.1. The summed E-state index contributed by atoms with van der Waals surface area (Å²) in [6.07, 6.45) is 11.5. The van der Waals surface area contributed by atoms with E-state index in [0.29, 0.717) is 19.5 Å². The number of rotatable bonds is 11. The van der Waals surface area contributed by atoms with E-state index in [1.807, 2.05) is 0 Å². The summed E-state index contributed by atoms with van der Waals surface area (Å²) in [4.78, 5) is 13.6. The first-order chi connectivity index (χ1) is 8.26. The molecule has 1 amide bonds. The van der Waals surface area contributed by atoms with Crippen LogP contribution in [0.4, 0.5) is 0 Å². The molecule has 0 aliphatic rings. The zero-order valence-electron chi connectivity index (χ0n) is 11.3. The van der Waals surface area contributed by atoms with Gasteiger partial charge in [0.2, 0.25) is 5.91 Å². The Bertz CT molecular complexity index is 213. The van der Waals surface area contributed by atoms with Gasteiger partial charge in [0.25, 0.3) is 0 Å². The Balaban J connectivity index is 3.66. The topological polar surface area (TPSA) is 20.3 Å². The fourth-order valence-corrected chi connectivity index (χ4v) is 1.80. The second-order valence-corrected chi connectivity index (χ2v) is 4.39. The molecule has 0 spiro atoms. The van der Waals surface area contributed by atoms with Crippen LogP contribution in [0.25, 0.3) is 0 Å². The maximum Gasteiger partial charge on any atom is 0.223 e.